The minimum atomic E-state index is -1.09. The number of ether oxygens (including phenoxy) is 1. The molecule has 3 amide bonds. The van der Waals surface area contributed by atoms with Gasteiger partial charge in [0.25, 0.3) is 11.8 Å². The number of aryl methyl sites for hydroxylation is 1. The smallest absolute Gasteiger partial charge is 0.273 e. The first kappa shape index (κ1) is 27.3. The lowest BCUT2D eigenvalue weighted by atomic mass is 10.0. The summed E-state index contributed by atoms with van der Waals surface area (Å²) in [6.45, 7) is 4.52. The topological polar surface area (TPSA) is 141 Å². The fourth-order valence-corrected chi connectivity index (χ4v) is 4.85. The van der Waals surface area contributed by atoms with Gasteiger partial charge in [-0.1, -0.05) is 54.6 Å². The molecule has 0 saturated carbocycles. The molecule has 4 aromatic rings. The summed E-state index contributed by atoms with van der Waals surface area (Å²) in [6, 6.07) is 22.6. The van der Waals surface area contributed by atoms with E-state index in [4.69, 9.17) is 16.2 Å². The summed E-state index contributed by atoms with van der Waals surface area (Å²) in [6.07, 6.45) is 0. The number of amides is 3. The van der Waals surface area contributed by atoms with Gasteiger partial charge in [-0.2, -0.15) is 4.37 Å². The van der Waals surface area contributed by atoms with Gasteiger partial charge in [-0.05, 0) is 66.3 Å². The number of benzene rings is 3. The van der Waals surface area contributed by atoms with Crippen LogP contribution in [-0.4, -0.2) is 28.7 Å². The van der Waals surface area contributed by atoms with Crippen molar-refractivity contribution in [2.75, 3.05) is 17.2 Å². The summed E-state index contributed by atoms with van der Waals surface area (Å²) >= 11 is 0.765. The summed E-state index contributed by atoms with van der Waals surface area (Å²) in [4.78, 5) is 41.2. The lowest BCUT2D eigenvalue weighted by molar-refractivity contribution is -0.122. The molecule has 0 fully saturated rings. The monoisotopic (exact) mass is 543 g/mol. The van der Waals surface area contributed by atoms with Crippen LogP contribution in [0.15, 0.2) is 78.9 Å². The van der Waals surface area contributed by atoms with Crippen LogP contribution in [0, 0.1) is 6.92 Å². The van der Waals surface area contributed by atoms with Crippen molar-refractivity contribution >= 4 is 40.6 Å². The van der Waals surface area contributed by atoms with E-state index in [0.29, 0.717) is 23.6 Å². The zero-order chi connectivity index (χ0) is 27.9. The van der Waals surface area contributed by atoms with E-state index in [0.717, 1.165) is 22.7 Å². The minimum absolute atomic E-state index is 0.0112. The quantitative estimate of drug-likeness (QED) is 0.273. The van der Waals surface area contributed by atoms with E-state index < -0.39 is 23.8 Å². The Kier molecular flexibility index (Phi) is 8.57. The van der Waals surface area contributed by atoms with Gasteiger partial charge in [0.15, 0.2) is 5.69 Å². The van der Waals surface area contributed by atoms with Gasteiger partial charge in [0, 0.05) is 12.2 Å². The number of nitrogens with one attached hydrogen (secondary N) is 1. The number of nitrogens with zero attached hydrogens (tertiary/aromatic N) is 2. The maximum Gasteiger partial charge on any atom is 0.273 e. The van der Waals surface area contributed by atoms with Crippen molar-refractivity contribution in [2.24, 2.45) is 5.73 Å². The molecule has 9 nitrogen and oxygen atoms in total. The van der Waals surface area contributed by atoms with E-state index in [9.17, 15) is 14.4 Å². The molecule has 0 bridgehead atoms. The Balaban J connectivity index is 1.83. The van der Waals surface area contributed by atoms with Gasteiger partial charge in [0.05, 0.1) is 12.3 Å². The summed E-state index contributed by atoms with van der Waals surface area (Å²) in [5.41, 5.74) is 14.0. The van der Waals surface area contributed by atoms with E-state index in [-0.39, 0.29) is 22.8 Å². The Morgan fingerprint density at radius 1 is 1.03 bits per heavy atom. The Bertz CT molecular complexity index is 1470. The first-order valence-corrected chi connectivity index (χ1v) is 13.1. The van der Waals surface area contributed by atoms with Crippen molar-refractivity contribution < 1.29 is 19.1 Å². The second-order valence-electron chi connectivity index (χ2n) is 8.76. The second kappa shape index (κ2) is 12.2. The van der Waals surface area contributed by atoms with Gasteiger partial charge in [-0.25, -0.2) is 0 Å². The van der Waals surface area contributed by atoms with Gasteiger partial charge in [-0.15, -0.1) is 0 Å². The largest absolute Gasteiger partial charge is 0.494 e. The molecule has 200 valence electrons. The van der Waals surface area contributed by atoms with Gasteiger partial charge >= 0.3 is 0 Å². The van der Waals surface area contributed by atoms with Crippen LogP contribution in [0.3, 0.4) is 0 Å². The third kappa shape index (κ3) is 6.24. The maximum atomic E-state index is 14.1. The van der Waals surface area contributed by atoms with Crippen molar-refractivity contribution in [3.8, 4) is 5.75 Å². The molecule has 1 aromatic heterocycles. The van der Waals surface area contributed by atoms with E-state index >= 15 is 0 Å². The number of rotatable bonds is 10. The van der Waals surface area contributed by atoms with Crippen molar-refractivity contribution in [2.45, 2.75) is 26.4 Å². The van der Waals surface area contributed by atoms with Crippen LogP contribution in [-0.2, 0) is 11.3 Å². The van der Waals surface area contributed by atoms with Crippen LogP contribution in [0.2, 0.25) is 0 Å². The molecule has 1 heterocycles. The minimum Gasteiger partial charge on any atom is -0.494 e. The number of primary amides is 1. The molecular formula is C29H29N5O4S. The zero-order valence-corrected chi connectivity index (χ0v) is 22.4. The highest BCUT2D eigenvalue weighted by Crippen LogP contribution is 2.34. The van der Waals surface area contributed by atoms with Crippen LogP contribution in [0.4, 0.5) is 11.4 Å². The number of anilines is 2. The number of hydrogen-bond donors (Lipinski definition) is 3. The lowest BCUT2D eigenvalue weighted by Gasteiger charge is -2.31. The van der Waals surface area contributed by atoms with E-state index in [1.54, 1.807) is 42.5 Å². The molecule has 0 spiro atoms. The van der Waals surface area contributed by atoms with Crippen molar-refractivity contribution in [1.29, 1.82) is 0 Å². The normalized spacial score (nSPS) is 11.4. The van der Waals surface area contributed by atoms with Crippen molar-refractivity contribution in [3.05, 3.63) is 106 Å². The first-order valence-electron chi connectivity index (χ1n) is 12.3. The van der Waals surface area contributed by atoms with Crippen molar-refractivity contribution in [3.63, 3.8) is 0 Å². The van der Waals surface area contributed by atoms with Crippen LogP contribution in [0.5, 0.6) is 5.75 Å². The summed E-state index contributed by atoms with van der Waals surface area (Å²) in [7, 11) is 0. The predicted octanol–water partition coefficient (Wildman–Crippen LogP) is 4.24. The van der Waals surface area contributed by atoms with Gasteiger partial charge in [0.1, 0.15) is 16.7 Å². The fraction of sp³-hybridized carbons (Fsp3) is 0.172. The Hall–Kier alpha value is -4.70. The summed E-state index contributed by atoms with van der Waals surface area (Å²) in [5.74, 6) is -1.20. The first-order chi connectivity index (χ1) is 18.8. The molecule has 4 rings (SSSR count). The molecule has 10 heteroatoms. The molecular weight excluding hydrogens is 514 g/mol. The summed E-state index contributed by atoms with van der Waals surface area (Å²) < 4.78 is 9.57. The van der Waals surface area contributed by atoms with Crippen LogP contribution in [0.25, 0.3) is 0 Å². The molecule has 0 aliphatic carbocycles. The average molecular weight is 544 g/mol. The Labute approximate surface area is 230 Å². The lowest BCUT2D eigenvalue weighted by Crippen LogP contribution is -2.44. The van der Waals surface area contributed by atoms with Gasteiger partial charge < -0.3 is 21.5 Å². The maximum absolute atomic E-state index is 14.1. The van der Waals surface area contributed by atoms with E-state index in [1.165, 1.54) is 4.90 Å². The number of hydrogen-bond acceptors (Lipinski definition) is 7. The number of carbonyl (C=O) groups excluding carboxylic acids is 3. The highest BCUT2D eigenvalue weighted by atomic mass is 32.1. The standard InChI is InChI=1S/C29H29N5O4S/c1-3-38-22-14-12-20(13-15-22)25(28(36)32-17-19-9-5-4-6-10-19)34(21-11-7-8-18(2)16-21)29(37)26-23(30)24(27(31)35)33-39-26/h4-16,25H,3,17,30H2,1-2H3,(H2,31,35)(H,32,36)/t25-/m0/s1. The molecule has 0 aliphatic rings. The molecule has 0 unspecified atom stereocenters. The molecule has 39 heavy (non-hydrogen) atoms. The number of nitrogen functional groups attached to an aromatic ring is 1. The average Bonchev–Trinajstić information content (AvgIpc) is 3.33. The fourth-order valence-electron chi connectivity index (χ4n) is 4.11. The molecule has 5 N–H and O–H groups in total. The zero-order valence-electron chi connectivity index (χ0n) is 21.6. The Morgan fingerprint density at radius 2 is 1.74 bits per heavy atom. The molecule has 1 atom stereocenters. The predicted molar refractivity (Wildman–Crippen MR) is 152 cm³/mol. The summed E-state index contributed by atoms with van der Waals surface area (Å²) in [5, 5.41) is 2.96. The van der Waals surface area contributed by atoms with Crippen molar-refractivity contribution in [1.82, 2.24) is 9.69 Å². The van der Waals surface area contributed by atoms with E-state index in [1.807, 2.05) is 50.2 Å². The molecule has 0 aliphatic heterocycles. The van der Waals surface area contributed by atoms with Crippen LogP contribution < -0.4 is 26.4 Å². The highest BCUT2D eigenvalue weighted by Gasteiger charge is 2.36. The second-order valence-corrected chi connectivity index (χ2v) is 9.53. The van der Waals surface area contributed by atoms with Gasteiger partial charge in [0.2, 0.25) is 5.91 Å². The number of carbonyl (C=O) groups is 3. The van der Waals surface area contributed by atoms with Crippen LogP contribution in [0.1, 0.15) is 49.8 Å². The van der Waals surface area contributed by atoms with Crippen LogP contribution >= 0.6 is 11.5 Å². The van der Waals surface area contributed by atoms with Gasteiger partial charge in [-0.3, -0.25) is 19.3 Å². The third-order valence-electron chi connectivity index (χ3n) is 5.98. The van der Waals surface area contributed by atoms with E-state index in [2.05, 4.69) is 9.69 Å². The number of nitrogens with two attached hydrogens (primary N) is 2. The Morgan fingerprint density at radius 3 is 2.36 bits per heavy atom. The molecule has 3 aromatic carbocycles. The third-order valence-corrected chi connectivity index (χ3v) is 6.83. The highest BCUT2D eigenvalue weighted by molar-refractivity contribution is 7.09. The number of aromatic nitrogens is 1. The SMILES string of the molecule is CCOc1ccc([C@@H](C(=O)NCc2ccccc2)N(C(=O)c2snc(C(N)=O)c2N)c2cccc(C)c2)cc1. The molecule has 0 radical (unpaired) electrons. The molecule has 0 saturated heterocycles.